The summed E-state index contributed by atoms with van der Waals surface area (Å²) in [7, 11) is 3.23. The van der Waals surface area contributed by atoms with Crippen molar-refractivity contribution in [2.45, 2.75) is 13.3 Å². The Morgan fingerprint density at radius 1 is 1.30 bits per heavy atom. The lowest BCUT2D eigenvalue weighted by Crippen LogP contribution is -2.12. The Bertz CT molecular complexity index is 589. The summed E-state index contributed by atoms with van der Waals surface area (Å²) < 4.78 is 10.7. The molecule has 4 nitrogen and oxygen atoms in total. The monoisotopic (exact) mass is 308 g/mol. The average Bonchev–Trinajstić information content (AvgIpc) is 2.96. The van der Waals surface area contributed by atoms with Gasteiger partial charge in [-0.2, -0.15) is 0 Å². The maximum Gasteiger partial charge on any atom is 0.151 e. The number of aryl methyl sites for hydroxylation is 1. The van der Waals surface area contributed by atoms with Crippen LogP contribution in [0.2, 0.25) is 0 Å². The maximum absolute atomic E-state index is 5.40. The van der Waals surface area contributed by atoms with E-state index in [4.69, 9.17) is 21.7 Å². The molecule has 0 saturated carbocycles. The van der Waals surface area contributed by atoms with E-state index in [1.54, 1.807) is 14.2 Å². The van der Waals surface area contributed by atoms with Crippen molar-refractivity contribution >= 4 is 34.2 Å². The van der Waals surface area contributed by atoms with Crippen molar-refractivity contribution < 1.29 is 9.47 Å². The molecule has 0 fully saturated rings. The van der Waals surface area contributed by atoms with Gasteiger partial charge in [-0.05, 0) is 18.6 Å². The summed E-state index contributed by atoms with van der Waals surface area (Å²) in [5.41, 5.74) is 1.76. The van der Waals surface area contributed by atoms with Crippen molar-refractivity contribution in [3.05, 3.63) is 34.3 Å². The zero-order valence-corrected chi connectivity index (χ0v) is 13.2. The second kappa shape index (κ2) is 6.67. The van der Waals surface area contributed by atoms with Crippen molar-refractivity contribution in [2.75, 3.05) is 19.5 Å². The van der Waals surface area contributed by atoms with E-state index < -0.39 is 0 Å². The first-order chi connectivity index (χ1) is 9.69. The molecule has 0 aliphatic heterocycles. The molecule has 1 N–H and O–H groups in total. The fourth-order valence-corrected chi connectivity index (χ4v) is 2.80. The van der Waals surface area contributed by atoms with Gasteiger partial charge in [-0.3, -0.25) is 0 Å². The molecule has 1 aromatic heterocycles. The van der Waals surface area contributed by atoms with Crippen LogP contribution in [0.4, 0.5) is 5.69 Å². The number of aromatic nitrogens is 1. The van der Waals surface area contributed by atoms with Gasteiger partial charge in [0.25, 0.3) is 0 Å². The van der Waals surface area contributed by atoms with Crippen LogP contribution in [0.25, 0.3) is 0 Å². The largest absolute Gasteiger partial charge is 0.494 e. The summed E-state index contributed by atoms with van der Waals surface area (Å²) in [5.74, 6) is 1.36. The van der Waals surface area contributed by atoms with E-state index in [0.29, 0.717) is 16.5 Å². The Balaban J connectivity index is 2.27. The molecule has 1 heterocycles. The molecule has 106 valence electrons. The van der Waals surface area contributed by atoms with Gasteiger partial charge in [0.1, 0.15) is 22.2 Å². The molecule has 0 amide bonds. The second-order valence-electron chi connectivity index (χ2n) is 3.99. The molecule has 2 aromatic rings. The van der Waals surface area contributed by atoms with Gasteiger partial charge in [0.2, 0.25) is 0 Å². The number of para-hydroxylation sites is 1. The molecule has 0 spiro atoms. The highest BCUT2D eigenvalue weighted by Crippen LogP contribution is 2.34. The smallest absolute Gasteiger partial charge is 0.151 e. The Morgan fingerprint density at radius 3 is 2.45 bits per heavy atom. The molecule has 0 aliphatic rings. The van der Waals surface area contributed by atoms with E-state index >= 15 is 0 Å². The number of hydrogen-bond acceptors (Lipinski definition) is 5. The van der Waals surface area contributed by atoms with Crippen LogP contribution in [0.5, 0.6) is 11.5 Å². The van der Waals surface area contributed by atoms with E-state index in [0.717, 1.165) is 22.8 Å². The van der Waals surface area contributed by atoms with E-state index in [-0.39, 0.29) is 0 Å². The van der Waals surface area contributed by atoms with Gasteiger partial charge in [0, 0.05) is 5.38 Å². The SMILES string of the molecule is CCc1csc(C(=S)Nc2c(OC)cccc2OC)n1. The Hall–Kier alpha value is -1.66. The van der Waals surface area contributed by atoms with Crippen LogP contribution in [0.1, 0.15) is 17.6 Å². The summed E-state index contributed by atoms with van der Waals surface area (Å²) in [6.45, 7) is 2.07. The third-order valence-electron chi connectivity index (χ3n) is 2.77. The Morgan fingerprint density at radius 2 is 1.95 bits per heavy atom. The molecule has 20 heavy (non-hydrogen) atoms. The minimum atomic E-state index is 0.567. The highest BCUT2D eigenvalue weighted by Gasteiger charge is 2.14. The van der Waals surface area contributed by atoms with Gasteiger partial charge in [-0.15, -0.1) is 11.3 Å². The number of rotatable bonds is 5. The number of benzene rings is 1. The maximum atomic E-state index is 5.40. The van der Waals surface area contributed by atoms with Gasteiger partial charge in [-0.1, -0.05) is 25.2 Å². The van der Waals surface area contributed by atoms with Crippen LogP contribution in [0.15, 0.2) is 23.6 Å². The van der Waals surface area contributed by atoms with Crippen LogP contribution < -0.4 is 14.8 Å². The van der Waals surface area contributed by atoms with Crippen molar-refractivity contribution in [3.8, 4) is 11.5 Å². The van der Waals surface area contributed by atoms with Crippen LogP contribution in [-0.2, 0) is 6.42 Å². The van der Waals surface area contributed by atoms with Crippen LogP contribution >= 0.6 is 23.6 Å². The number of nitrogens with zero attached hydrogens (tertiary/aromatic N) is 1. The first-order valence-corrected chi connectivity index (χ1v) is 7.45. The lowest BCUT2D eigenvalue weighted by molar-refractivity contribution is 0.398. The van der Waals surface area contributed by atoms with Gasteiger partial charge in [0.15, 0.2) is 5.01 Å². The van der Waals surface area contributed by atoms with Gasteiger partial charge in [0.05, 0.1) is 19.9 Å². The van der Waals surface area contributed by atoms with E-state index in [9.17, 15) is 0 Å². The third-order valence-corrected chi connectivity index (χ3v) is 4.11. The molecule has 6 heteroatoms. The predicted molar refractivity (Wildman–Crippen MR) is 86.4 cm³/mol. The number of anilines is 1. The van der Waals surface area contributed by atoms with E-state index in [2.05, 4.69) is 17.2 Å². The van der Waals surface area contributed by atoms with Gasteiger partial charge < -0.3 is 14.8 Å². The van der Waals surface area contributed by atoms with E-state index in [1.165, 1.54) is 11.3 Å². The summed E-state index contributed by atoms with van der Waals surface area (Å²) in [5, 5.41) is 5.98. The van der Waals surface area contributed by atoms with Crippen molar-refractivity contribution in [1.82, 2.24) is 4.98 Å². The van der Waals surface area contributed by atoms with Crippen molar-refractivity contribution in [2.24, 2.45) is 0 Å². The summed E-state index contributed by atoms with van der Waals surface area (Å²) in [6, 6.07) is 5.57. The molecule has 1 aromatic carbocycles. The predicted octanol–water partition coefficient (Wildman–Crippen LogP) is 3.51. The van der Waals surface area contributed by atoms with Crippen molar-refractivity contribution in [1.29, 1.82) is 0 Å². The molecule has 2 rings (SSSR count). The first kappa shape index (κ1) is 14.7. The quantitative estimate of drug-likeness (QED) is 0.856. The van der Waals surface area contributed by atoms with E-state index in [1.807, 2.05) is 23.6 Å². The second-order valence-corrected chi connectivity index (χ2v) is 5.26. The molecular weight excluding hydrogens is 292 g/mol. The zero-order valence-electron chi connectivity index (χ0n) is 11.6. The topological polar surface area (TPSA) is 43.4 Å². The first-order valence-electron chi connectivity index (χ1n) is 6.16. The highest BCUT2D eigenvalue weighted by molar-refractivity contribution is 7.81. The zero-order chi connectivity index (χ0) is 14.5. The number of thiazole rings is 1. The molecule has 0 saturated heterocycles. The fourth-order valence-electron chi connectivity index (χ4n) is 1.72. The molecule has 0 bridgehead atoms. The summed E-state index contributed by atoms with van der Waals surface area (Å²) >= 11 is 6.94. The minimum Gasteiger partial charge on any atom is -0.494 e. The lowest BCUT2D eigenvalue weighted by Gasteiger charge is -2.14. The van der Waals surface area contributed by atoms with Gasteiger partial charge in [-0.25, -0.2) is 4.98 Å². The summed E-state index contributed by atoms with van der Waals surface area (Å²) in [6.07, 6.45) is 0.900. The molecule has 0 radical (unpaired) electrons. The number of hydrogen-bond donors (Lipinski definition) is 1. The molecule has 0 atom stereocenters. The number of ether oxygens (including phenoxy) is 2. The Kier molecular flexibility index (Phi) is 4.92. The number of thiocarbonyl (C=S) groups is 1. The normalized spacial score (nSPS) is 10.2. The van der Waals surface area contributed by atoms with Crippen molar-refractivity contribution in [3.63, 3.8) is 0 Å². The standard InChI is InChI=1S/C14H16N2O2S2/c1-4-9-8-20-14(15-9)13(19)16-12-10(17-2)6-5-7-11(12)18-3/h5-8H,4H2,1-3H3,(H,16,19). The number of methoxy groups -OCH3 is 2. The number of nitrogens with one attached hydrogen (secondary N) is 1. The van der Waals surface area contributed by atoms with Gasteiger partial charge >= 0.3 is 0 Å². The molecule has 0 aliphatic carbocycles. The molecule has 0 unspecified atom stereocenters. The van der Waals surface area contributed by atoms with Crippen LogP contribution in [0, 0.1) is 0 Å². The molecular formula is C14H16N2O2S2. The third kappa shape index (κ3) is 3.08. The van der Waals surface area contributed by atoms with Crippen LogP contribution in [0.3, 0.4) is 0 Å². The fraction of sp³-hybridized carbons (Fsp3) is 0.286. The van der Waals surface area contributed by atoms with Crippen LogP contribution in [-0.4, -0.2) is 24.2 Å². The Labute approximate surface area is 127 Å². The minimum absolute atomic E-state index is 0.567. The highest BCUT2D eigenvalue weighted by atomic mass is 32.1. The summed E-state index contributed by atoms with van der Waals surface area (Å²) in [4.78, 5) is 5.04. The average molecular weight is 308 g/mol. The lowest BCUT2D eigenvalue weighted by atomic mass is 10.2.